The van der Waals surface area contributed by atoms with Crippen LogP contribution in [0.1, 0.15) is 17.5 Å². The van der Waals surface area contributed by atoms with Crippen LogP contribution in [0.3, 0.4) is 0 Å². The van der Waals surface area contributed by atoms with Gasteiger partial charge in [-0.3, -0.25) is 0 Å². The predicted octanol–water partition coefficient (Wildman–Crippen LogP) is 3.44. The number of carbonyl (C=O) groups excluding carboxylic acids is 1. The molecule has 0 amide bonds. The van der Waals surface area contributed by atoms with Crippen molar-refractivity contribution in [2.45, 2.75) is 6.92 Å². The van der Waals surface area contributed by atoms with Crippen molar-refractivity contribution in [3.8, 4) is 11.5 Å². The van der Waals surface area contributed by atoms with Gasteiger partial charge in [-0.05, 0) is 30.3 Å². The van der Waals surface area contributed by atoms with Crippen LogP contribution in [-0.2, 0) is 4.74 Å². The summed E-state index contributed by atoms with van der Waals surface area (Å²) in [5.74, 6) is -0.412. The second-order valence-corrected chi connectivity index (χ2v) is 5.13. The standard InChI is InChI=1S/C11H8Br2N2O3/c1-2-17-11(16)9-14-10(18-15-9)6-3-7(12)5-8(13)4-6/h3-5H,2H2,1H3. The van der Waals surface area contributed by atoms with E-state index in [1.165, 1.54) is 0 Å². The molecule has 5 nitrogen and oxygen atoms in total. The van der Waals surface area contributed by atoms with E-state index in [0.29, 0.717) is 5.56 Å². The molecule has 0 saturated heterocycles. The minimum atomic E-state index is -0.596. The Morgan fingerprint density at radius 2 is 2.00 bits per heavy atom. The van der Waals surface area contributed by atoms with Crippen LogP contribution in [-0.4, -0.2) is 22.7 Å². The average Bonchev–Trinajstić information content (AvgIpc) is 2.77. The van der Waals surface area contributed by atoms with E-state index in [4.69, 9.17) is 9.26 Å². The Morgan fingerprint density at radius 1 is 1.33 bits per heavy atom. The first-order valence-corrected chi connectivity index (χ1v) is 6.66. The number of halogens is 2. The first-order valence-electron chi connectivity index (χ1n) is 5.07. The summed E-state index contributed by atoms with van der Waals surface area (Å²) in [6.45, 7) is 1.98. The van der Waals surface area contributed by atoms with Crippen molar-refractivity contribution in [3.05, 3.63) is 33.0 Å². The van der Waals surface area contributed by atoms with E-state index in [9.17, 15) is 4.79 Å². The number of aromatic nitrogens is 2. The summed E-state index contributed by atoms with van der Waals surface area (Å²) in [6.07, 6.45) is 0. The van der Waals surface area contributed by atoms with Crippen LogP contribution in [0.4, 0.5) is 0 Å². The fraction of sp³-hybridized carbons (Fsp3) is 0.182. The summed E-state index contributed by atoms with van der Waals surface area (Å²) in [5, 5.41) is 3.58. The highest BCUT2D eigenvalue weighted by Gasteiger charge is 2.17. The highest BCUT2D eigenvalue weighted by atomic mass is 79.9. The lowest BCUT2D eigenvalue weighted by atomic mass is 10.2. The summed E-state index contributed by atoms with van der Waals surface area (Å²) in [5.41, 5.74) is 0.708. The molecule has 0 fully saturated rings. The number of hydrogen-bond acceptors (Lipinski definition) is 5. The van der Waals surface area contributed by atoms with Gasteiger partial charge in [0.15, 0.2) is 0 Å². The third kappa shape index (κ3) is 2.97. The molecule has 1 aromatic heterocycles. The molecule has 0 aliphatic heterocycles. The molecule has 0 bridgehead atoms. The zero-order chi connectivity index (χ0) is 13.1. The van der Waals surface area contributed by atoms with Gasteiger partial charge in [0.2, 0.25) is 0 Å². The fourth-order valence-electron chi connectivity index (χ4n) is 1.30. The predicted molar refractivity (Wildman–Crippen MR) is 71.1 cm³/mol. The molecule has 0 radical (unpaired) electrons. The van der Waals surface area contributed by atoms with E-state index in [1.807, 2.05) is 18.2 Å². The number of hydrogen-bond donors (Lipinski definition) is 0. The third-order valence-electron chi connectivity index (χ3n) is 1.99. The number of esters is 1. The van der Waals surface area contributed by atoms with E-state index >= 15 is 0 Å². The lowest BCUT2D eigenvalue weighted by molar-refractivity contribution is 0.0508. The third-order valence-corrected chi connectivity index (χ3v) is 2.91. The van der Waals surface area contributed by atoms with Gasteiger partial charge in [-0.2, -0.15) is 4.98 Å². The molecule has 1 aromatic carbocycles. The van der Waals surface area contributed by atoms with Crippen LogP contribution in [0.2, 0.25) is 0 Å². The lowest BCUT2D eigenvalue weighted by Crippen LogP contribution is -2.06. The van der Waals surface area contributed by atoms with Gasteiger partial charge >= 0.3 is 5.97 Å². The first kappa shape index (κ1) is 13.2. The molecule has 0 saturated carbocycles. The van der Waals surface area contributed by atoms with Crippen LogP contribution in [0.5, 0.6) is 0 Å². The number of nitrogens with zero attached hydrogens (tertiary/aromatic N) is 2. The molecule has 7 heteroatoms. The summed E-state index contributed by atoms with van der Waals surface area (Å²) >= 11 is 6.72. The maximum atomic E-state index is 11.4. The van der Waals surface area contributed by atoms with Gasteiger partial charge in [-0.15, -0.1) is 0 Å². The molecule has 18 heavy (non-hydrogen) atoms. The van der Waals surface area contributed by atoms with E-state index in [-0.39, 0.29) is 18.3 Å². The van der Waals surface area contributed by atoms with Gasteiger partial charge in [0, 0.05) is 14.5 Å². The van der Waals surface area contributed by atoms with E-state index in [1.54, 1.807) is 6.92 Å². The topological polar surface area (TPSA) is 65.2 Å². The maximum absolute atomic E-state index is 11.4. The summed E-state index contributed by atoms with van der Waals surface area (Å²) in [6, 6.07) is 5.51. The zero-order valence-electron chi connectivity index (χ0n) is 9.31. The smallest absolute Gasteiger partial charge is 0.379 e. The Labute approximate surface area is 120 Å². The van der Waals surface area contributed by atoms with Crippen molar-refractivity contribution in [2.75, 3.05) is 6.61 Å². The Hall–Kier alpha value is -1.21. The Morgan fingerprint density at radius 3 is 2.61 bits per heavy atom. The molecule has 1 heterocycles. The Bertz CT molecular complexity index is 563. The second-order valence-electron chi connectivity index (χ2n) is 3.30. The maximum Gasteiger partial charge on any atom is 0.379 e. The fourth-order valence-corrected chi connectivity index (χ4v) is 2.59. The number of ether oxygens (including phenoxy) is 1. The molecule has 0 unspecified atom stereocenters. The van der Waals surface area contributed by atoms with Gasteiger partial charge in [0.05, 0.1) is 6.61 Å². The summed E-state index contributed by atoms with van der Waals surface area (Å²) in [4.78, 5) is 15.4. The van der Waals surface area contributed by atoms with E-state index in [0.717, 1.165) is 8.95 Å². The number of benzene rings is 1. The first-order chi connectivity index (χ1) is 8.60. The molecule has 0 N–H and O–H groups in total. The highest BCUT2D eigenvalue weighted by molar-refractivity contribution is 9.11. The molecule has 0 aliphatic rings. The van der Waals surface area contributed by atoms with Crippen LogP contribution < -0.4 is 0 Å². The molecular formula is C11H8Br2N2O3. The largest absolute Gasteiger partial charge is 0.460 e. The minimum absolute atomic E-state index is 0.0806. The second kappa shape index (κ2) is 5.62. The Balaban J connectivity index is 2.32. The van der Waals surface area contributed by atoms with Gasteiger partial charge in [-0.25, -0.2) is 4.79 Å². The van der Waals surface area contributed by atoms with Crippen molar-refractivity contribution >= 4 is 37.8 Å². The van der Waals surface area contributed by atoms with Crippen LogP contribution in [0.15, 0.2) is 31.7 Å². The van der Waals surface area contributed by atoms with Gasteiger partial charge in [0.25, 0.3) is 11.7 Å². The summed E-state index contributed by atoms with van der Waals surface area (Å²) in [7, 11) is 0. The number of rotatable bonds is 3. The molecule has 0 spiro atoms. The molecule has 0 aliphatic carbocycles. The monoisotopic (exact) mass is 374 g/mol. The van der Waals surface area contributed by atoms with Gasteiger partial charge in [0.1, 0.15) is 0 Å². The van der Waals surface area contributed by atoms with Crippen molar-refractivity contribution in [3.63, 3.8) is 0 Å². The van der Waals surface area contributed by atoms with E-state index in [2.05, 4.69) is 42.0 Å². The molecule has 2 rings (SSSR count). The van der Waals surface area contributed by atoms with Crippen molar-refractivity contribution in [2.24, 2.45) is 0 Å². The minimum Gasteiger partial charge on any atom is -0.460 e. The summed E-state index contributed by atoms with van der Waals surface area (Å²) < 4.78 is 11.5. The van der Waals surface area contributed by atoms with Crippen molar-refractivity contribution < 1.29 is 14.1 Å². The van der Waals surface area contributed by atoms with E-state index < -0.39 is 5.97 Å². The van der Waals surface area contributed by atoms with Crippen LogP contribution in [0.25, 0.3) is 11.5 Å². The van der Waals surface area contributed by atoms with Crippen LogP contribution >= 0.6 is 31.9 Å². The lowest BCUT2D eigenvalue weighted by Gasteiger charge is -1.97. The molecular weight excluding hydrogens is 368 g/mol. The number of carbonyl (C=O) groups is 1. The van der Waals surface area contributed by atoms with Crippen molar-refractivity contribution in [1.29, 1.82) is 0 Å². The molecule has 0 atom stereocenters. The quantitative estimate of drug-likeness (QED) is 0.769. The van der Waals surface area contributed by atoms with Crippen molar-refractivity contribution in [1.82, 2.24) is 10.1 Å². The Kier molecular flexibility index (Phi) is 4.13. The average molecular weight is 376 g/mol. The van der Waals surface area contributed by atoms with Gasteiger partial charge < -0.3 is 9.26 Å². The SMILES string of the molecule is CCOC(=O)c1noc(-c2cc(Br)cc(Br)c2)n1. The highest BCUT2D eigenvalue weighted by Crippen LogP contribution is 2.26. The molecule has 94 valence electrons. The zero-order valence-corrected chi connectivity index (χ0v) is 12.5. The molecule has 2 aromatic rings. The van der Waals surface area contributed by atoms with Crippen LogP contribution in [0, 0.1) is 0 Å². The van der Waals surface area contributed by atoms with Gasteiger partial charge in [-0.1, -0.05) is 31.9 Å². The normalized spacial score (nSPS) is 10.4.